The van der Waals surface area contributed by atoms with E-state index in [-0.39, 0.29) is 17.7 Å². The summed E-state index contributed by atoms with van der Waals surface area (Å²) >= 11 is 0. The molecule has 1 rings (SSSR count). The molecule has 0 aliphatic heterocycles. The standard InChI is InChI=1S/C13H16N2O5/c1-4-11(13(17)18)14(3)12(16)10-7-9(15(19)20)6-5-8(10)2/h5-7,11H,4H2,1-3H3,(H,17,18). The highest BCUT2D eigenvalue weighted by atomic mass is 16.6. The zero-order valence-corrected chi connectivity index (χ0v) is 11.5. The van der Waals surface area contributed by atoms with E-state index in [4.69, 9.17) is 5.11 Å². The summed E-state index contributed by atoms with van der Waals surface area (Å²) in [6.07, 6.45) is 0.256. The second kappa shape index (κ2) is 6.14. The van der Waals surface area contributed by atoms with Gasteiger partial charge in [-0.2, -0.15) is 0 Å². The molecule has 0 saturated heterocycles. The minimum atomic E-state index is -1.11. The average Bonchev–Trinajstić information content (AvgIpc) is 2.38. The third kappa shape index (κ3) is 3.11. The number of likely N-dealkylation sites (N-methyl/N-ethyl adjacent to an activating group) is 1. The Labute approximate surface area is 116 Å². The van der Waals surface area contributed by atoms with Crippen LogP contribution in [0.3, 0.4) is 0 Å². The first-order valence-electron chi connectivity index (χ1n) is 6.04. The van der Waals surface area contributed by atoms with Crippen molar-refractivity contribution >= 4 is 17.6 Å². The first kappa shape index (κ1) is 15.6. The predicted molar refractivity (Wildman–Crippen MR) is 71.6 cm³/mol. The highest BCUT2D eigenvalue weighted by Crippen LogP contribution is 2.19. The molecule has 0 aliphatic rings. The quantitative estimate of drug-likeness (QED) is 0.655. The Kier molecular flexibility index (Phi) is 4.79. The second-order valence-electron chi connectivity index (χ2n) is 4.43. The molecule has 1 atom stereocenters. The van der Waals surface area contributed by atoms with Crippen molar-refractivity contribution in [2.75, 3.05) is 7.05 Å². The van der Waals surface area contributed by atoms with E-state index in [1.54, 1.807) is 13.8 Å². The molecule has 7 heteroatoms. The Morgan fingerprint density at radius 1 is 1.45 bits per heavy atom. The first-order valence-corrected chi connectivity index (χ1v) is 6.04. The van der Waals surface area contributed by atoms with Gasteiger partial charge in [0.2, 0.25) is 0 Å². The predicted octanol–water partition coefficient (Wildman–Crippen LogP) is 1.84. The van der Waals surface area contributed by atoms with E-state index >= 15 is 0 Å². The number of nitro groups is 1. The highest BCUT2D eigenvalue weighted by molar-refractivity contribution is 5.98. The van der Waals surface area contributed by atoms with Gasteiger partial charge in [-0.3, -0.25) is 14.9 Å². The van der Waals surface area contributed by atoms with Gasteiger partial charge in [0.25, 0.3) is 11.6 Å². The number of aryl methyl sites for hydroxylation is 1. The van der Waals surface area contributed by atoms with Crippen molar-refractivity contribution in [2.24, 2.45) is 0 Å². The molecular formula is C13H16N2O5. The monoisotopic (exact) mass is 280 g/mol. The number of benzene rings is 1. The molecular weight excluding hydrogens is 264 g/mol. The smallest absolute Gasteiger partial charge is 0.326 e. The number of carboxylic acid groups (broad SMARTS) is 1. The highest BCUT2D eigenvalue weighted by Gasteiger charge is 2.27. The van der Waals surface area contributed by atoms with Crippen molar-refractivity contribution in [3.8, 4) is 0 Å². The number of hydrogen-bond donors (Lipinski definition) is 1. The molecule has 0 aromatic heterocycles. The van der Waals surface area contributed by atoms with E-state index in [1.807, 2.05) is 0 Å². The summed E-state index contributed by atoms with van der Waals surface area (Å²) in [7, 11) is 1.38. The molecule has 1 amide bonds. The Balaban J connectivity index is 3.17. The molecule has 0 bridgehead atoms. The SMILES string of the molecule is CCC(C(=O)O)N(C)C(=O)c1cc([N+](=O)[O-])ccc1C. The summed E-state index contributed by atoms with van der Waals surface area (Å²) in [5.41, 5.74) is 0.504. The molecule has 108 valence electrons. The number of carbonyl (C=O) groups is 2. The minimum absolute atomic E-state index is 0.140. The lowest BCUT2D eigenvalue weighted by Crippen LogP contribution is -2.42. The number of nitro benzene ring substituents is 1. The average molecular weight is 280 g/mol. The molecule has 0 radical (unpaired) electrons. The van der Waals surface area contributed by atoms with Crippen LogP contribution in [-0.2, 0) is 4.79 Å². The van der Waals surface area contributed by atoms with Crippen molar-refractivity contribution in [3.05, 3.63) is 39.4 Å². The molecule has 1 unspecified atom stereocenters. The van der Waals surface area contributed by atoms with Crippen molar-refractivity contribution in [1.29, 1.82) is 0 Å². The zero-order chi connectivity index (χ0) is 15.4. The number of carbonyl (C=O) groups excluding carboxylic acids is 1. The molecule has 7 nitrogen and oxygen atoms in total. The molecule has 0 aliphatic carbocycles. The van der Waals surface area contributed by atoms with Crippen LogP contribution in [0.15, 0.2) is 18.2 Å². The number of hydrogen-bond acceptors (Lipinski definition) is 4. The maximum absolute atomic E-state index is 12.3. The van der Waals surface area contributed by atoms with Crippen LogP contribution in [0.2, 0.25) is 0 Å². The van der Waals surface area contributed by atoms with Crippen LogP contribution in [0.4, 0.5) is 5.69 Å². The lowest BCUT2D eigenvalue weighted by molar-refractivity contribution is -0.384. The van der Waals surface area contributed by atoms with Crippen LogP contribution in [0.1, 0.15) is 29.3 Å². The molecule has 0 spiro atoms. The summed E-state index contributed by atoms with van der Waals surface area (Å²) < 4.78 is 0. The third-order valence-electron chi connectivity index (χ3n) is 3.12. The normalized spacial score (nSPS) is 11.8. The summed E-state index contributed by atoms with van der Waals surface area (Å²) in [5.74, 6) is -1.65. The van der Waals surface area contributed by atoms with Gasteiger partial charge in [0.05, 0.1) is 4.92 Å². The van der Waals surface area contributed by atoms with E-state index in [9.17, 15) is 19.7 Å². The van der Waals surface area contributed by atoms with Crippen LogP contribution in [0.5, 0.6) is 0 Å². The van der Waals surface area contributed by atoms with Gasteiger partial charge in [0.1, 0.15) is 6.04 Å². The Bertz CT molecular complexity index is 556. The number of rotatable bonds is 5. The van der Waals surface area contributed by atoms with Crippen LogP contribution in [0, 0.1) is 17.0 Å². The minimum Gasteiger partial charge on any atom is -0.480 e. The molecule has 1 aromatic carbocycles. The zero-order valence-electron chi connectivity index (χ0n) is 11.5. The summed E-state index contributed by atoms with van der Waals surface area (Å²) in [6, 6.07) is 2.99. The van der Waals surface area contributed by atoms with Crippen molar-refractivity contribution in [2.45, 2.75) is 26.3 Å². The maximum Gasteiger partial charge on any atom is 0.326 e. The largest absolute Gasteiger partial charge is 0.480 e. The fourth-order valence-corrected chi connectivity index (χ4v) is 1.90. The fraction of sp³-hybridized carbons (Fsp3) is 0.385. The second-order valence-corrected chi connectivity index (χ2v) is 4.43. The van der Waals surface area contributed by atoms with Gasteiger partial charge in [-0.15, -0.1) is 0 Å². The van der Waals surface area contributed by atoms with E-state index in [1.165, 1.54) is 25.2 Å². The summed E-state index contributed by atoms with van der Waals surface area (Å²) in [5, 5.41) is 19.8. The summed E-state index contributed by atoms with van der Waals surface area (Å²) in [4.78, 5) is 34.6. The van der Waals surface area contributed by atoms with Crippen LogP contribution >= 0.6 is 0 Å². The molecule has 0 heterocycles. The van der Waals surface area contributed by atoms with Gasteiger partial charge >= 0.3 is 5.97 Å². The lowest BCUT2D eigenvalue weighted by Gasteiger charge is -2.24. The fourth-order valence-electron chi connectivity index (χ4n) is 1.90. The first-order chi connectivity index (χ1) is 9.29. The number of nitrogens with zero attached hydrogens (tertiary/aromatic N) is 2. The van der Waals surface area contributed by atoms with Gasteiger partial charge in [0, 0.05) is 24.7 Å². The Morgan fingerprint density at radius 3 is 2.50 bits per heavy atom. The maximum atomic E-state index is 12.3. The van der Waals surface area contributed by atoms with Crippen LogP contribution < -0.4 is 0 Å². The van der Waals surface area contributed by atoms with Gasteiger partial charge in [-0.25, -0.2) is 4.79 Å². The topological polar surface area (TPSA) is 101 Å². The van der Waals surface area contributed by atoms with Crippen molar-refractivity contribution in [3.63, 3.8) is 0 Å². The molecule has 0 saturated carbocycles. The van der Waals surface area contributed by atoms with Gasteiger partial charge in [-0.05, 0) is 18.9 Å². The molecule has 0 fully saturated rings. The number of carboxylic acids is 1. The van der Waals surface area contributed by atoms with Gasteiger partial charge < -0.3 is 10.0 Å². The van der Waals surface area contributed by atoms with Gasteiger partial charge in [-0.1, -0.05) is 13.0 Å². The number of aliphatic carboxylic acids is 1. The van der Waals surface area contributed by atoms with E-state index in [0.717, 1.165) is 4.90 Å². The number of amides is 1. The summed E-state index contributed by atoms with van der Waals surface area (Å²) in [6.45, 7) is 3.30. The van der Waals surface area contributed by atoms with E-state index in [0.29, 0.717) is 5.56 Å². The van der Waals surface area contributed by atoms with Crippen molar-refractivity contribution in [1.82, 2.24) is 4.90 Å². The van der Waals surface area contributed by atoms with Crippen molar-refractivity contribution < 1.29 is 19.6 Å². The number of non-ortho nitro benzene ring substituents is 1. The van der Waals surface area contributed by atoms with E-state index < -0.39 is 22.8 Å². The Hall–Kier alpha value is -2.44. The molecule has 1 aromatic rings. The van der Waals surface area contributed by atoms with E-state index in [2.05, 4.69) is 0 Å². The molecule has 20 heavy (non-hydrogen) atoms. The van der Waals surface area contributed by atoms with Crippen LogP contribution in [-0.4, -0.2) is 39.9 Å². The Morgan fingerprint density at radius 2 is 2.05 bits per heavy atom. The lowest BCUT2D eigenvalue weighted by atomic mass is 10.1. The van der Waals surface area contributed by atoms with Crippen LogP contribution in [0.25, 0.3) is 0 Å². The van der Waals surface area contributed by atoms with Gasteiger partial charge in [0.15, 0.2) is 0 Å². The molecule has 1 N–H and O–H groups in total. The third-order valence-corrected chi connectivity index (χ3v) is 3.12.